The molecule has 0 unspecified atom stereocenters. The van der Waals surface area contributed by atoms with Gasteiger partial charge in [0, 0.05) is 22.5 Å². The van der Waals surface area contributed by atoms with Gasteiger partial charge in [0.2, 0.25) is 0 Å². The number of hydrogen-bond acceptors (Lipinski definition) is 2. The molecule has 2 aromatic heterocycles. The standard InChI is InChI=1S/C18H18N2O2/c21-17(22)18(7-2-1-3-8-18)12-4-5-15-14(10-12)13-6-9-19-11-16(13)20-15/h4-6,9-11,20H,1-3,7-8H2,(H,21,22). The van der Waals surface area contributed by atoms with Crippen LogP contribution in [0.3, 0.4) is 0 Å². The lowest BCUT2D eigenvalue weighted by Crippen LogP contribution is -2.37. The number of carbonyl (C=O) groups is 1. The number of carboxylic acids is 1. The second-order valence-corrected chi connectivity index (χ2v) is 6.25. The number of fused-ring (bicyclic) bond motifs is 3. The third-order valence-electron chi connectivity index (χ3n) is 5.07. The quantitative estimate of drug-likeness (QED) is 0.750. The Hall–Kier alpha value is -2.36. The summed E-state index contributed by atoms with van der Waals surface area (Å²) < 4.78 is 0. The van der Waals surface area contributed by atoms with Crippen molar-refractivity contribution in [1.82, 2.24) is 9.97 Å². The summed E-state index contributed by atoms with van der Waals surface area (Å²) in [5.74, 6) is -0.687. The van der Waals surface area contributed by atoms with Gasteiger partial charge in [-0.15, -0.1) is 0 Å². The lowest BCUT2D eigenvalue weighted by molar-refractivity contribution is -0.145. The van der Waals surface area contributed by atoms with Crippen molar-refractivity contribution in [2.24, 2.45) is 0 Å². The largest absolute Gasteiger partial charge is 0.481 e. The smallest absolute Gasteiger partial charge is 0.314 e. The van der Waals surface area contributed by atoms with Crippen molar-refractivity contribution in [3.05, 3.63) is 42.2 Å². The molecule has 2 heterocycles. The molecule has 0 radical (unpaired) electrons. The second kappa shape index (κ2) is 4.83. The van der Waals surface area contributed by atoms with Gasteiger partial charge >= 0.3 is 5.97 Å². The second-order valence-electron chi connectivity index (χ2n) is 6.25. The summed E-state index contributed by atoms with van der Waals surface area (Å²) in [5.41, 5.74) is 2.24. The van der Waals surface area contributed by atoms with Crippen LogP contribution in [0.15, 0.2) is 36.7 Å². The fourth-order valence-electron chi connectivity index (χ4n) is 3.83. The molecule has 4 nitrogen and oxygen atoms in total. The van der Waals surface area contributed by atoms with E-state index in [1.54, 1.807) is 6.20 Å². The molecule has 0 amide bonds. The van der Waals surface area contributed by atoms with Crippen LogP contribution >= 0.6 is 0 Å². The summed E-state index contributed by atoms with van der Waals surface area (Å²) in [5, 5.41) is 12.0. The van der Waals surface area contributed by atoms with Gasteiger partial charge < -0.3 is 10.1 Å². The third kappa shape index (κ3) is 1.83. The first kappa shape index (κ1) is 13.3. The van der Waals surface area contributed by atoms with Crippen LogP contribution in [-0.2, 0) is 10.2 Å². The maximum Gasteiger partial charge on any atom is 0.314 e. The molecular weight excluding hydrogens is 276 g/mol. The maximum absolute atomic E-state index is 12.0. The molecular formula is C18H18N2O2. The van der Waals surface area contributed by atoms with Crippen molar-refractivity contribution in [2.75, 3.05) is 0 Å². The van der Waals surface area contributed by atoms with Crippen LogP contribution in [0, 0.1) is 0 Å². The van der Waals surface area contributed by atoms with E-state index in [2.05, 4.69) is 16.0 Å². The summed E-state index contributed by atoms with van der Waals surface area (Å²) >= 11 is 0. The molecule has 4 heteroatoms. The van der Waals surface area contributed by atoms with E-state index in [0.717, 1.165) is 59.5 Å². The van der Waals surface area contributed by atoms with E-state index in [1.807, 2.05) is 24.4 Å². The molecule has 0 aliphatic heterocycles. The first-order valence-corrected chi connectivity index (χ1v) is 7.80. The zero-order valence-electron chi connectivity index (χ0n) is 12.3. The predicted molar refractivity (Wildman–Crippen MR) is 86.0 cm³/mol. The number of aromatic amines is 1. The number of rotatable bonds is 2. The highest BCUT2D eigenvalue weighted by atomic mass is 16.4. The van der Waals surface area contributed by atoms with Gasteiger partial charge in [0.25, 0.3) is 0 Å². The average Bonchev–Trinajstić information content (AvgIpc) is 2.93. The zero-order valence-corrected chi connectivity index (χ0v) is 12.3. The summed E-state index contributed by atoms with van der Waals surface area (Å²) in [6.07, 6.45) is 8.16. The Morgan fingerprint density at radius 2 is 1.91 bits per heavy atom. The normalized spacial score (nSPS) is 17.8. The van der Waals surface area contributed by atoms with Crippen molar-refractivity contribution in [2.45, 2.75) is 37.5 Å². The Kier molecular flexibility index (Phi) is 2.93. The fourth-order valence-corrected chi connectivity index (χ4v) is 3.83. The van der Waals surface area contributed by atoms with Crippen molar-refractivity contribution in [1.29, 1.82) is 0 Å². The average molecular weight is 294 g/mol. The molecule has 0 atom stereocenters. The number of hydrogen-bond donors (Lipinski definition) is 2. The lowest BCUT2D eigenvalue weighted by Gasteiger charge is -2.33. The first-order chi connectivity index (χ1) is 10.7. The number of benzene rings is 1. The van der Waals surface area contributed by atoms with Gasteiger partial charge in [-0.1, -0.05) is 25.3 Å². The molecule has 1 aliphatic rings. The van der Waals surface area contributed by atoms with E-state index in [1.165, 1.54) is 0 Å². The van der Waals surface area contributed by atoms with E-state index in [9.17, 15) is 9.90 Å². The van der Waals surface area contributed by atoms with Crippen LogP contribution in [0.5, 0.6) is 0 Å². The van der Waals surface area contributed by atoms with Crippen LogP contribution in [0.1, 0.15) is 37.7 Å². The van der Waals surface area contributed by atoms with E-state index < -0.39 is 11.4 Å². The topological polar surface area (TPSA) is 66.0 Å². The van der Waals surface area contributed by atoms with E-state index in [4.69, 9.17) is 0 Å². The SMILES string of the molecule is O=C(O)C1(c2ccc3[nH]c4cnccc4c3c2)CCCCC1. The van der Waals surface area contributed by atoms with Gasteiger partial charge in [-0.2, -0.15) is 0 Å². The minimum absolute atomic E-state index is 0.687. The molecule has 0 bridgehead atoms. The highest BCUT2D eigenvalue weighted by Gasteiger charge is 2.41. The molecule has 4 rings (SSSR count). The molecule has 0 spiro atoms. The molecule has 0 saturated heterocycles. The lowest BCUT2D eigenvalue weighted by atomic mass is 9.69. The van der Waals surface area contributed by atoms with Gasteiger partial charge in [-0.3, -0.25) is 9.78 Å². The number of pyridine rings is 1. The molecule has 1 fully saturated rings. The molecule has 1 saturated carbocycles. The number of aliphatic carboxylic acids is 1. The summed E-state index contributed by atoms with van der Waals surface area (Å²) in [6.45, 7) is 0. The minimum atomic E-state index is -0.719. The maximum atomic E-state index is 12.0. The van der Waals surface area contributed by atoms with Gasteiger partial charge in [0.05, 0.1) is 17.1 Å². The molecule has 1 aliphatic carbocycles. The van der Waals surface area contributed by atoms with Gasteiger partial charge in [0.15, 0.2) is 0 Å². The minimum Gasteiger partial charge on any atom is -0.481 e. The number of aromatic nitrogens is 2. The number of carboxylic acid groups (broad SMARTS) is 1. The summed E-state index contributed by atoms with van der Waals surface area (Å²) in [4.78, 5) is 19.5. The molecule has 1 aromatic carbocycles. The van der Waals surface area contributed by atoms with Crippen molar-refractivity contribution in [3.8, 4) is 0 Å². The van der Waals surface area contributed by atoms with Gasteiger partial charge in [0.1, 0.15) is 0 Å². The van der Waals surface area contributed by atoms with Crippen LogP contribution in [0.4, 0.5) is 0 Å². The first-order valence-electron chi connectivity index (χ1n) is 7.80. The van der Waals surface area contributed by atoms with E-state index in [-0.39, 0.29) is 0 Å². The number of nitrogens with zero attached hydrogens (tertiary/aromatic N) is 1. The monoisotopic (exact) mass is 294 g/mol. The van der Waals surface area contributed by atoms with Crippen LogP contribution in [0.2, 0.25) is 0 Å². The Balaban J connectivity index is 1.94. The van der Waals surface area contributed by atoms with Crippen molar-refractivity contribution in [3.63, 3.8) is 0 Å². The van der Waals surface area contributed by atoms with Crippen molar-refractivity contribution < 1.29 is 9.90 Å². The Morgan fingerprint density at radius 1 is 1.09 bits per heavy atom. The van der Waals surface area contributed by atoms with E-state index in [0.29, 0.717) is 0 Å². The van der Waals surface area contributed by atoms with Gasteiger partial charge in [-0.25, -0.2) is 0 Å². The zero-order chi connectivity index (χ0) is 15.2. The number of nitrogens with one attached hydrogen (secondary N) is 1. The molecule has 22 heavy (non-hydrogen) atoms. The van der Waals surface area contributed by atoms with Crippen molar-refractivity contribution >= 4 is 27.8 Å². The highest BCUT2D eigenvalue weighted by Crippen LogP contribution is 2.41. The number of H-pyrrole nitrogens is 1. The molecule has 2 N–H and O–H groups in total. The van der Waals surface area contributed by atoms with Crippen LogP contribution in [-0.4, -0.2) is 21.0 Å². The molecule has 3 aromatic rings. The Bertz CT molecular complexity index is 860. The fraction of sp³-hybridized carbons (Fsp3) is 0.333. The highest BCUT2D eigenvalue weighted by molar-refractivity contribution is 6.07. The van der Waals surface area contributed by atoms with Gasteiger partial charge in [-0.05, 0) is 36.6 Å². The third-order valence-corrected chi connectivity index (χ3v) is 5.07. The van der Waals surface area contributed by atoms with E-state index >= 15 is 0 Å². The van der Waals surface area contributed by atoms with Crippen LogP contribution in [0.25, 0.3) is 21.8 Å². The Labute approximate surface area is 128 Å². The summed E-state index contributed by atoms with van der Waals surface area (Å²) in [7, 11) is 0. The molecule has 112 valence electrons. The summed E-state index contributed by atoms with van der Waals surface area (Å²) in [6, 6.07) is 8.02. The van der Waals surface area contributed by atoms with Crippen LogP contribution < -0.4 is 0 Å². The predicted octanol–water partition coefficient (Wildman–Crippen LogP) is 4.00. The Morgan fingerprint density at radius 3 is 2.68 bits per heavy atom.